The molecule has 0 fully saturated rings. The van der Waals surface area contributed by atoms with Gasteiger partial charge in [-0.1, -0.05) is 18.7 Å². The van der Waals surface area contributed by atoms with Crippen molar-refractivity contribution in [3.8, 4) is 17.2 Å². The Hall–Kier alpha value is -4.55. The van der Waals surface area contributed by atoms with Crippen LogP contribution in [0, 0.1) is 5.82 Å². The maximum atomic E-state index is 13.4. The van der Waals surface area contributed by atoms with Crippen molar-refractivity contribution in [2.45, 2.75) is 25.0 Å². The first kappa shape index (κ1) is 27.5. The minimum atomic E-state index is -4.18. The molecular weight excluding hydrogens is 533 g/mol. The second-order valence-electron chi connectivity index (χ2n) is 8.20. The van der Waals surface area contributed by atoms with Gasteiger partial charge in [0.05, 0.1) is 37.4 Å². The number of methoxy groups -OCH3 is 1. The number of aliphatic imine (C=N–C) groups is 1. The van der Waals surface area contributed by atoms with Crippen LogP contribution in [0.2, 0.25) is 0 Å². The summed E-state index contributed by atoms with van der Waals surface area (Å²) in [5, 5.41) is 26.8. The van der Waals surface area contributed by atoms with E-state index in [2.05, 4.69) is 41.3 Å². The highest BCUT2D eigenvalue weighted by Crippen LogP contribution is 2.36. The maximum Gasteiger partial charge on any atom is 0.243 e. The molecule has 2 atom stereocenters. The van der Waals surface area contributed by atoms with Crippen molar-refractivity contribution in [1.29, 1.82) is 0 Å². The number of aliphatic hydroxyl groups is 1. The second-order valence-corrected chi connectivity index (χ2v) is 10.2. The molecule has 1 aromatic carbocycles. The van der Waals surface area contributed by atoms with Gasteiger partial charge in [0, 0.05) is 5.92 Å². The molecule has 0 radical (unpaired) electrons. The van der Waals surface area contributed by atoms with Crippen LogP contribution >= 0.6 is 0 Å². The van der Waals surface area contributed by atoms with E-state index in [0.717, 1.165) is 12.4 Å². The lowest BCUT2D eigenvalue weighted by atomic mass is 10.1. The Morgan fingerprint density at radius 3 is 2.64 bits per heavy atom. The molecule has 0 saturated heterocycles. The zero-order valence-corrected chi connectivity index (χ0v) is 21.8. The summed E-state index contributed by atoms with van der Waals surface area (Å²) < 4.78 is 54.5. The Bertz CT molecular complexity index is 1610. The zero-order valence-electron chi connectivity index (χ0n) is 21.0. The number of nitrogens with one attached hydrogen (secondary N) is 1. The molecular formula is C24H24FN7O6S. The quantitative estimate of drug-likeness (QED) is 0.312. The highest BCUT2D eigenvalue weighted by molar-refractivity contribution is 7.93. The van der Waals surface area contributed by atoms with Crippen LogP contribution in [-0.4, -0.2) is 74.8 Å². The molecule has 3 N–H and O–H groups in total. The first-order chi connectivity index (χ1) is 18.7. The summed E-state index contributed by atoms with van der Waals surface area (Å²) >= 11 is 0. The molecule has 3 heterocycles. The van der Waals surface area contributed by atoms with E-state index < -0.39 is 27.0 Å². The Morgan fingerprint density at radius 2 is 1.95 bits per heavy atom. The van der Waals surface area contributed by atoms with E-state index in [1.54, 1.807) is 19.1 Å². The van der Waals surface area contributed by atoms with Crippen molar-refractivity contribution in [3.63, 3.8) is 0 Å². The summed E-state index contributed by atoms with van der Waals surface area (Å²) in [6.07, 6.45) is 3.31. The van der Waals surface area contributed by atoms with Gasteiger partial charge in [-0.15, -0.1) is 10.2 Å². The van der Waals surface area contributed by atoms with Gasteiger partial charge in [0.15, 0.2) is 17.3 Å². The minimum Gasteiger partial charge on any atom is -0.506 e. The fourth-order valence-corrected chi connectivity index (χ4v) is 4.77. The average molecular weight is 558 g/mol. The van der Waals surface area contributed by atoms with Crippen molar-refractivity contribution in [1.82, 2.24) is 24.7 Å². The second kappa shape index (κ2) is 11.5. The average Bonchev–Trinajstić information content (AvgIpc) is 3.33. The standard InChI is InChI=1S/C24H24FN7O6S/c1-14(22-26-12-16(25)13-27-22)15(2)39(35,36)31-24-30-29-23(17-6-4-9-20(28-17)38-11-10-33)32(24)21-18(34)7-5-8-19(21)37-3/h5,7-9,12-15,33-34H,10-11H2,1-3H3,(H,30,31)/t14-,15-/m0/s1. The molecule has 3 aromatic rings. The number of nitrogens with zero attached hydrogens (tertiary/aromatic N) is 6. The number of halogens is 1. The van der Waals surface area contributed by atoms with Crippen molar-refractivity contribution in [2.24, 2.45) is 4.99 Å². The van der Waals surface area contributed by atoms with E-state index in [9.17, 15) is 17.9 Å². The van der Waals surface area contributed by atoms with Gasteiger partial charge < -0.3 is 19.7 Å². The van der Waals surface area contributed by atoms with Crippen molar-refractivity contribution in [2.75, 3.05) is 25.0 Å². The summed E-state index contributed by atoms with van der Waals surface area (Å²) in [5.41, 5.74) is 5.56. The normalized spacial score (nSPS) is 14.4. The van der Waals surface area contributed by atoms with E-state index in [1.165, 1.54) is 30.7 Å². The number of phenols is 1. The number of aliphatic hydroxyl groups excluding tert-OH is 1. The molecule has 0 aliphatic carbocycles. The number of benzene rings is 1. The van der Waals surface area contributed by atoms with Crippen LogP contribution in [0.5, 0.6) is 11.5 Å². The molecule has 1 aliphatic rings. The SMILES string of the molecule is COc1cccc(O)c1-n1c(NS(=O)(=O)[C@@H](C)[C@H](C)c2ncc(F)cn2)nnc1C1=C=C=CC(OCCO)=N1. The predicted molar refractivity (Wildman–Crippen MR) is 137 cm³/mol. The van der Waals surface area contributed by atoms with Crippen molar-refractivity contribution in [3.05, 3.63) is 65.6 Å². The third-order valence-corrected chi connectivity index (χ3v) is 7.57. The third-order valence-electron chi connectivity index (χ3n) is 5.72. The van der Waals surface area contributed by atoms with Crippen LogP contribution in [0.1, 0.15) is 31.4 Å². The number of anilines is 1. The van der Waals surface area contributed by atoms with E-state index in [0.29, 0.717) is 0 Å². The lowest BCUT2D eigenvalue weighted by Crippen LogP contribution is -2.31. The van der Waals surface area contributed by atoms with Gasteiger partial charge in [-0.25, -0.2) is 27.8 Å². The number of aromatic hydroxyl groups is 1. The molecule has 0 bridgehead atoms. The minimum absolute atomic E-state index is 0.0246. The predicted octanol–water partition coefficient (Wildman–Crippen LogP) is 1.92. The van der Waals surface area contributed by atoms with Crippen LogP contribution in [-0.2, 0) is 14.8 Å². The van der Waals surface area contributed by atoms with Gasteiger partial charge >= 0.3 is 0 Å². The highest BCUT2D eigenvalue weighted by atomic mass is 32.2. The summed E-state index contributed by atoms with van der Waals surface area (Å²) in [4.78, 5) is 12.1. The molecule has 4 rings (SSSR count). The molecule has 0 unspecified atom stereocenters. The number of sulfonamides is 1. The number of para-hydroxylation sites is 1. The van der Waals surface area contributed by atoms with E-state index >= 15 is 0 Å². The molecule has 39 heavy (non-hydrogen) atoms. The third kappa shape index (κ3) is 5.81. The van der Waals surface area contributed by atoms with E-state index in [1.807, 2.05) is 0 Å². The molecule has 13 nitrogen and oxygen atoms in total. The Kier molecular flexibility index (Phi) is 8.07. The number of ether oxygens (including phenoxy) is 2. The Morgan fingerprint density at radius 1 is 1.21 bits per heavy atom. The fourth-order valence-electron chi connectivity index (χ4n) is 3.54. The van der Waals surface area contributed by atoms with Crippen LogP contribution < -0.4 is 9.46 Å². The van der Waals surface area contributed by atoms with Crippen LogP contribution in [0.15, 0.2) is 53.1 Å². The first-order valence-electron chi connectivity index (χ1n) is 11.5. The molecule has 2 aromatic heterocycles. The molecule has 0 amide bonds. The number of rotatable bonds is 10. The smallest absolute Gasteiger partial charge is 0.243 e. The van der Waals surface area contributed by atoms with Gasteiger partial charge in [0.1, 0.15) is 29.6 Å². The lowest BCUT2D eigenvalue weighted by molar-refractivity contribution is 0.195. The van der Waals surface area contributed by atoms with Crippen molar-refractivity contribution < 1.29 is 32.5 Å². The zero-order chi connectivity index (χ0) is 28.2. The summed E-state index contributed by atoms with van der Waals surface area (Å²) in [6.45, 7) is 2.76. The number of aromatic nitrogens is 5. The van der Waals surface area contributed by atoms with Gasteiger partial charge in [-0.05, 0) is 24.8 Å². The molecule has 1 aliphatic heterocycles. The number of hydrogen-bond donors (Lipinski definition) is 3. The van der Waals surface area contributed by atoms with E-state index in [4.69, 9.17) is 14.6 Å². The van der Waals surface area contributed by atoms with Gasteiger partial charge in [0.25, 0.3) is 0 Å². The van der Waals surface area contributed by atoms with Crippen LogP contribution in [0.25, 0.3) is 11.4 Å². The van der Waals surface area contributed by atoms with E-state index in [-0.39, 0.29) is 59.6 Å². The summed E-state index contributed by atoms with van der Waals surface area (Å²) in [7, 11) is -2.81. The Balaban J connectivity index is 1.80. The summed E-state index contributed by atoms with van der Waals surface area (Å²) in [6, 6.07) is 4.47. The molecule has 204 valence electrons. The molecule has 15 heteroatoms. The number of phenolic OH excluding ortho intramolecular Hbond substituents is 1. The monoisotopic (exact) mass is 557 g/mol. The van der Waals surface area contributed by atoms with Gasteiger partial charge in [-0.3, -0.25) is 9.29 Å². The first-order valence-corrected chi connectivity index (χ1v) is 13.1. The van der Waals surface area contributed by atoms with Crippen LogP contribution in [0.3, 0.4) is 0 Å². The highest BCUT2D eigenvalue weighted by Gasteiger charge is 2.32. The van der Waals surface area contributed by atoms with Gasteiger partial charge in [0.2, 0.25) is 21.9 Å². The summed E-state index contributed by atoms with van der Waals surface area (Å²) in [5.74, 6) is -1.56. The number of hydrogen-bond acceptors (Lipinski definition) is 11. The fraction of sp³-hybridized carbons (Fsp3) is 0.292. The molecule has 0 spiro atoms. The molecule has 0 saturated carbocycles. The van der Waals surface area contributed by atoms with Gasteiger partial charge in [-0.2, -0.15) is 0 Å². The topological polar surface area (TPSA) is 174 Å². The largest absolute Gasteiger partial charge is 0.506 e. The maximum absolute atomic E-state index is 13.4. The Labute approximate surface area is 222 Å². The lowest BCUT2D eigenvalue weighted by Gasteiger charge is -2.21. The van der Waals surface area contributed by atoms with Crippen LogP contribution in [0.4, 0.5) is 10.3 Å². The van der Waals surface area contributed by atoms with Crippen molar-refractivity contribution >= 4 is 27.6 Å².